The fourth-order valence-electron chi connectivity index (χ4n) is 2.19. The molecule has 0 aliphatic carbocycles. The maximum atomic E-state index is 10.6. The minimum absolute atomic E-state index is 0.377. The van der Waals surface area contributed by atoms with Gasteiger partial charge in [-0.05, 0) is 42.0 Å². The third-order valence-electron chi connectivity index (χ3n) is 3.49. The number of nitrogens with one attached hydrogen (secondary N) is 1. The summed E-state index contributed by atoms with van der Waals surface area (Å²) in [4.78, 5) is 16.1. The summed E-state index contributed by atoms with van der Waals surface area (Å²) in [6.45, 7) is 0.377. The maximum Gasteiger partial charge on any atom is 0.150 e. The Labute approximate surface area is 146 Å². The number of hydrogen-bond acceptors (Lipinski definition) is 5. The number of nitrogen functional groups attached to an aromatic ring is 1. The van der Waals surface area contributed by atoms with E-state index >= 15 is 0 Å². The van der Waals surface area contributed by atoms with Crippen molar-refractivity contribution in [3.63, 3.8) is 0 Å². The average molecular weight is 334 g/mol. The molecule has 0 fully saturated rings. The van der Waals surface area contributed by atoms with Gasteiger partial charge in [0, 0.05) is 17.3 Å². The van der Waals surface area contributed by atoms with E-state index < -0.39 is 0 Å². The summed E-state index contributed by atoms with van der Waals surface area (Å²) >= 11 is 0. The third-order valence-corrected chi connectivity index (χ3v) is 3.49. The van der Waals surface area contributed by atoms with Gasteiger partial charge in [0.15, 0.2) is 0 Å². The zero-order chi connectivity index (χ0) is 17.5. The number of anilines is 2. The van der Waals surface area contributed by atoms with Crippen LogP contribution in [0.25, 0.3) is 0 Å². The predicted molar refractivity (Wildman–Crippen MR) is 97.6 cm³/mol. The lowest BCUT2D eigenvalue weighted by Gasteiger charge is -2.10. The molecular formula is C20H18N2O3. The Morgan fingerprint density at radius 3 is 2.40 bits per heavy atom. The van der Waals surface area contributed by atoms with E-state index in [9.17, 15) is 4.79 Å². The first kappa shape index (κ1) is 16.5. The van der Waals surface area contributed by atoms with Crippen molar-refractivity contribution < 1.29 is 14.4 Å². The molecule has 0 amide bonds. The van der Waals surface area contributed by atoms with Crippen molar-refractivity contribution in [1.82, 2.24) is 0 Å². The highest BCUT2D eigenvalue weighted by Crippen LogP contribution is 2.24. The number of benzene rings is 3. The monoisotopic (exact) mass is 334 g/mol. The fraction of sp³-hybridized carbons (Fsp3) is 0.0500. The summed E-state index contributed by atoms with van der Waals surface area (Å²) in [6.07, 6.45) is 0.815. The molecule has 0 unspecified atom stereocenters. The van der Waals surface area contributed by atoms with E-state index in [1.807, 2.05) is 48.5 Å². The SMILES string of the molecule is Nc1ccc(Oc2cccc(NOCc3ccc(C=O)cc3)c2)cc1. The molecule has 0 spiro atoms. The van der Waals surface area contributed by atoms with Crippen molar-refractivity contribution in [3.05, 3.63) is 83.9 Å². The van der Waals surface area contributed by atoms with Gasteiger partial charge in [-0.1, -0.05) is 30.3 Å². The quantitative estimate of drug-likeness (QED) is 0.380. The highest BCUT2D eigenvalue weighted by atomic mass is 16.6. The Kier molecular flexibility index (Phi) is 5.29. The molecule has 5 heteroatoms. The smallest absolute Gasteiger partial charge is 0.150 e. The van der Waals surface area contributed by atoms with Crippen LogP contribution in [-0.2, 0) is 11.4 Å². The lowest BCUT2D eigenvalue weighted by atomic mass is 10.2. The van der Waals surface area contributed by atoms with Gasteiger partial charge in [-0.2, -0.15) is 0 Å². The number of hydrogen-bond donors (Lipinski definition) is 2. The van der Waals surface area contributed by atoms with Crippen molar-refractivity contribution in [2.45, 2.75) is 6.61 Å². The summed E-state index contributed by atoms with van der Waals surface area (Å²) in [5.74, 6) is 1.40. The van der Waals surface area contributed by atoms with Crippen LogP contribution in [0.3, 0.4) is 0 Å². The molecule has 0 saturated heterocycles. The van der Waals surface area contributed by atoms with Gasteiger partial charge < -0.3 is 10.5 Å². The van der Waals surface area contributed by atoms with E-state index in [1.54, 1.807) is 24.3 Å². The molecule has 3 N–H and O–H groups in total. The van der Waals surface area contributed by atoms with E-state index in [1.165, 1.54) is 0 Å². The first-order valence-electron chi connectivity index (χ1n) is 7.78. The summed E-state index contributed by atoms with van der Waals surface area (Å²) < 4.78 is 5.78. The van der Waals surface area contributed by atoms with Crippen LogP contribution in [0.4, 0.5) is 11.4 Å². The second-order valence-corrected chi connectivity index (χ2v) is 5.45. The molecule has 0 heterocycles. The number of nitrogens with two attached hydrogens (primary N) is 1. The predicted octanol–water partition coefficient (Wildman–Crippen LogP) is 4.42. The van der Waals surface area contributed by atoms with E-state index in [-0.39, 0.29) is 0 Å². The Hall–Kier alpha value is -3.31. The number of carbonyl (C=O) groups is 1. The van der Waals surface area contributed by atoms with Crippen molar-refractivity contribution in [2.24, 2.45) is 0 Å². The highest BCUT2D eigenvalue weighted by molar-refractivity contribution is 5.74. The van der Waals surface area contributed by atoms with Gasteiger partial charge in [-0.3, -0.25) is 15.1 Å². The minimum Gasteiger partial charge on any atom is -0.457 e. The van der Waals surface area contributed by atoms with E-state index in [2.05, 4.69) is 5.48 Å². The Morgan fingerprint density at radius 2 is 1.68 bits per heavy atom. The molecule has 0 bridgehead atoms. The molecule has 0 atom stereocenters. The molecule has 0 aromatic heterocycles. The first-order valence-corrected chi connectivity index (χ1v) is 7.78. The number of aldehydes is 1. The van der Waals surface area contributed by atoms with Crippen LogP contribution in [0.5, 0.6) is 11.5 Å². The second kappa shape index (κ2) is 7.99. The van der Waals surface area contributed by atoms with Crippen LogP contribution in [0.15, 0.2) is 72.8 Å². The van der Waals surface area contributed by atoms with Crippen molar-refractivity contribution in [3.8, 4) is 11.5 Å². The molecular weight excluding hydrogens is 316 g/mol. The highest BCUT2D eigenvalue weighted by Gasteiger charge is 2.00. The molecule has 3 aromatic rings. The topological polar surface area (TPSA) is 73.6 Å². The summed E-state index contributed by atoms with van der Waals surface area (Å²) in [5, 5.41) is 0. The molecule has 5 nitrogen and oxygen atoms in total. The lowest BCUT2D eigenvalue weighted by Crippen LogP contribution is -2.01. The van der Waals surface area contributed by atoms with Crippen LogP contribution in [-0.4, -0.2) is 6.29 Å². The van der Waals surface area contributed by atoms with Crippen LogP contribution < -0.4 is 16.0 Å². The minimum atomic E-state index is 0.377. The summed E-state index contributed by atoms with van der Waals surface area (Å²) in [6, 6.07) is 21.9. The zero-order valence-corrected chi connectivity index (χ0v) is 13.5. The maximum absolute atomic E-state index is 10.6. The van der Waals surface area contributed by atoms with Crippen LogP contribution in [0.1, 0.15) is 15.9 Å². The summed E-state index contributed by atoms with van der Waals surface area (Å²) in [7, 11) is 0. The van der Waals surface area contributed by atoms with Gasteiger partial charge in [0.1, 0.15) is 17.8 Å². The van der Waals surface area contributed by atoms with Crippen LogP contribution >= 0.6 is 0 Å². The standard InChI is InChI=1S/C20H18N2O3/c21-17-8-10-19(11-9-17)25-20-3-1-2-18(12-20)22-24-14-16-6-4-15(13-23)5-7-16/h1-13,22H,14,21H2. The average Bonchev–Trinajstić information content (AvgIpc) is 2.65. The van der Waals surface area contributed by atoms with Gasteiger partial charge in [0.2, 0.25) is 0 Å². The van der Waals surface area contributed by atoms with Gasteiger partial charge in [-0.25, -0.2) is 0 Å². The number of rotatable bonds is 7. The Balaban J connectivity index is 1.55. The molecule has 126 valence electrons. The molecule has 25 heavy (non-hydrogen) atoms. The van der Waals surface area contributed by atoms with Gasteiger partial charge >= 0.3 is 0 Å². The van der Waals surface area contributed by atoms with Crippen LogP contribution in [0.2, 0.25) is 0 Å². The molecule has 0 aliphatic rings. The van der Waals surface area contributed by atoms with Crippen molar-refractivity contribution in [2.75, 3.05) is 11.2 Å². The fourth-order valence-corrected chi connectivity index (χ4v) is 2.19. The number of carbonyl (C=O) groups excluding carboxylic acids is 1. The Morgan fingerprint density at radius 1 is 0.920 bits per heavy atom. The molecule has 3 aromatic carbocycles. The summed E-state index contributed by atoms with van der Waals surface area (Å²) in [5.41, 5.74) is 11.6. The normalized spacial score (nSPS) is 10.2. The second-order valence-electron chi connectivity index (χ2n) is 5.45. The Bertz CT molecular complexity index is 830. The zero-order valence-electron chi connectivity index (χ0n) is 13.5. The molecule has 0 saturated carbocycles. The third kappa shape index (κ3) is 4.83. The van der Waals surface area contributed by atoms with Gasteiger partial charge in [0.05, 0.1) is 12.3 Å². The van der Waals surface area contributed by atoms with Crippen LogP contribution in [0, 0.1) is 0 Å². The van der Waals surface area contributed by atoms with Gasteiger partial charge in [0.25, 0.3) is 0 Å². The van der Waals surface area contributed by atoms with E-state index in [4.69, 9.17) is 15.3 Å². The van der Waals surface area contributed by atoms with Gasteiger partial charge in [-0.15, -0.1) is 0 Å². The molecule has 0 aliphatic heterocycles. The van der Waals surface area contributed by atoms with E-state index in [0.717, 1.165) is 17.5 Å². The molecule has 0 radical (unpaired) electrons. The van der Waals surface area contributed by atoms with Crippen molar-refractivity contribution >= 4 is 17.7 Å². The van der Waals surface area contributed by atoms with E-state index in [0.29, 0.717) is 29.4 Å². The number of ether oxygens (including phenoxy) is 1. The first-order chi connectivity index (χ1) is 12.2. The lowest BCUT2D eigenvalue weighted by molar-refractivity contribution is 0.112. The largest absolute Gasteiger partial charge is 0.457 e. The van der Waals surface area contributed by atoms with Crippen molar-refractivity contribution in [1.29, 1.82) is 0 Å². The molecule has 3 rings (SSSR count).